The van der Waals surface area contributed by atoms with Crippen LogP contribution in [0.4, 0.5) is 0 Å². The number of hydrogen-bond donors (Lipinski definition) is 0. The van der Waals surface area contributed by atoms with Gasteiger partial charge in [-0.05, 0) is 50.3 Å². The molecule has 1 heterocycles. The first-order valence-corrected chi connectivity index (χ1v) is 10.2. The molecule has 28 heavy (non-hydrogen) atoms. The summed E-state index contributed by atoms with van der Waals surface area (Å²) in [6.07, 6.45) is 2.79. The Morgan fingerprint density at radius 2 is 1.79 bits per heavy atom. The topological polar surface area (TPSA) is 66.9 Å². The molecule has 2 amide bonds. The fourth-order valence-electron chi connectivity index (χ4n) is 3.88. The molecule has 0 aromatic heterocycles. The lowest BCUT2D eigenvalue weighted by molar-refractivity contribution is -0.151. The Morgan fingerprint density at radius 1 is 1.18 bits per heavy atom. The Labute approximate surface area is 170 Å². The number of halogens is 1. The number of carbonyl (C=O) groups excluding carboxylic acids is 3. The number of carbonyl (C=O) groups is 3. The summed E-state index contributed by atoms with van der Waals surface area (Å²) in [6, 6.07) is 7.37. The van der Waals surface area contributed by atoms with E-state index in [2.05, 4.69) is 0 Å². The van der Waals surface area contributed by atoms with Crippen LogP contribution in [0.25, 0.3) is 0 Å². The normalized spacial score (nSPS) is 18.5. The third kappa shape index (κ3) is 4.32. The van der Waals surface area contributed by atoms with Gasteiger partial charge in [0, 0.05) is 25.2 Å². The van der Waals surface area contributed by atoms with Crippen molar-refractivity contribution in [2.24, 2.45) is 5.92 Å². The second-order valence-corrected chi connectivity index (χ2v) is 8.09. The van der Waals surface area contributed by atoms with E-state index in [0.29, 0.717) is 37.6 Å². The Hall–Kier alpha value is -2.08. The lowest BCUT2D eigenvalue weighted by Gasteiger charge is -2.32. The fraction of sp³-hybridized carbons (Fsp3) is 0.571. The molecule has 1 aromatic rings. The van der Waals surface area contributed by atoms with Crippen molar-refractivity contribution in [3.63, 3.8) is 0 Å². The van der Waals surface area contributed by atoms with E-state index >= 15 is 0 Å². The molecule has 2 fully saturated rings. The van der Waals surface area contributed by atoms with Crippen molar-refractivity contribution in [2.45, 2.75) is 38.0 Å². The lowest BCUT2D eigenvalue weighted by Crippen LogP contribution is -2.47. The molecule has 0 atom stereocenters. The molecule has 0 bridgehead atoms. The van der Waals surface area contributed by atoms with E-state index in [0.717, 1.165) is 18.4 Å². The van der Waals surface area contributed by atoms with Gasteiger partial charge >= 0.3 is 5.97 Å². The largest absolute Gasteiger partial charge is 0.466 e. The maximum absolute atomic E-state index is 13.0. The second-order valence-electron chi connectivity index (χ2n) is 7.66. The Morgan fingerprint density at radius 3 is 2.32 bits per heavy atom. The van der Waals surface area contributed by atoms with Crippen molar-refractivity contribution in [1.29, 1.82) is 0 Å². The monoisotopic (exact) mass is 406 g/mol. The van der Waals surface area contributed by atoms with Crippen LogP contribution in [-0.2, 0) is 24.5 Å². The van der Waals surface area contributed by atoms with Gasteiger partial charge in [0.15, 0.2) is 0 Å². The highest BCUT2D eigenvalue weighted by Gasteiger charge is 2.52. The Bertz CT molecular complexity index is 737. The minimum atomic E-state index is -0.517. The second kappa shape index (κ2) is 8.52. The number of ether oxygens (including phenoxy) is 1. The predicted octanol–water partition coefficient (Wildman–Crippen LogP) is 2.63. The van der Waals surface area contributed by atoms with Crippen molar-refractivity contribution >= 4 is 29.4 Å². The summed E-state index contributed by atoms with van der Waals surface area (Å²) < 4.78 is 5.06. The molecular formula is C21H27ClN2O4. The number of amides is 2. The van der Waals surface area contributed by atoms with Crippen LogP contribution in [0.2, 0.25) is 5.02 Å². The number of piperidine rings is 1. The van der Waals surface area contributed by atoms with Gasteiger partial charge in [-0.2, -0.15) is 0 Å². The van der Waals surface area contributed by atoms with Crippen LogP contribution in [0.3, 0.4) is 0 Å². The molecule has 7 heteroatoms. The van der Waals surface area contributed by atoms with E-state index in [-0.39, 0.29) is 30.2 Å². The summed E-state index contributed by atoms with van der Waals surface area (Å²) in [5, 5.41) is 0.641. The molecule has 3 rings (SSSR count). The standard InChI is InChI=1S/C21H27ClN2O4/c1-3-28-19(26)15-8-12-24(13-9-15)18(25)14-23(2)20(27)21(10-11-21)16-4-6-17(22)7-5-16/h4-7,15H,3,8-14H2,1-2H3. The van der Waals surface area contributed by atoms with Gasteiger partial charge in [0.1, 0.15) is 0 Å². The van der Waals surface area contributed by atoms with Crippen LogP contribution in [0.1, 0.15) is 38.2 Å². The predicted molar refractivity (Wildman–Crippen MR) is 106 cm³/mol. The average molecular weight is 407 g/mol. The van der Waals surface area contributed by atoms with Gasteiger partial charge in [-0.3, -0.25) is 14.4 Å². The average Bonchev–Trinajstić information content (AvgIpc) is 3.50. The van der Waals surface area contributed by atoms with Crippen LogP contribution < -0.4 is 0 Å². The minimum Gasteiger partial charge on any atom is -0.466 e. The van der Waals surface area contributed by atoms with Crippen LogP contribution in [-0.4, -0.2) is 60.9 Å². The molecule has 6 nitrogen and oxygen atoms in total. The number of rotatable bonds is 6. The first-order valence-electron chi connectivity index (χ1n) is 9.83. The zero-order valence-corrected chi connectivity index (χ0v) is 17.2. The quantitative estimate of drug-likeness (QED) is 0.681. The summed E-state index contributed by atoms with van der Waals surface area (Å²) in [4.78, 5) is 40.7. The Kier molecular flexibility index (Phi) is 6.28. The summed E-state index contributed by atoms with van der Waals surface area (Å²) in [5.41, 5.74) is 0.438. The van der Waals surface area contributed by atoms with Gasteiger partial charge in [-0.1, -0.05) is 23.7 Å². The van der Waals surface area contributed by atoms with E-state index in [9.17, 15) is 14.4 Å². The first-order chi connectivity index (χ1) is 13.4. The van der Waals surface area contributed by atoms with E-state index < -0.39 is 5.41 Å². The van der Waals surface area contributed by atoms with Crippen molar-refractivity contribution in [2.75, 3.05) is 33.3 Å². The summed E-state index contributed by atoms with van der Waals surface area (Å²) >= 11 is 5.95. The Balaban J connectivity index is 1.54. The SMILES string of the molecule is CCOC(=O)C1CCN(C(=O)CN(C)C(=O)C2(c3ccc(Cl)cc3)CC2)CC1. The van der Waals surface area contributed by atoms with E-state index in [1.54, 1.807) is 31.0 Å². The highest BCUT2D eigenvalue weighted by molar-refractivity contribution is 6.30. The van der Waals surface area contributed by atoms with Crippen molar-refractivity contribution in [1.82, 2.24) is 9.80 Å². The molecule has 1 saturated carbocycles. The molecule has 2 aliphatic rings. The first kappa shape index (κ1) is 20.6. The molecule has 1 aliphatic heterocycles. The zero-order valence-electron chi connectivity index (χ0n) is 16.4. The minimum absolute atomic E-state index is 0.0235. The molecule has 1 saturated heterocycles. The van der Waals surface area contributed by atoms with Crippen LogP contribution in [0, 0.1) is 5.92 Å². The molecular weight excluding hydrogens is 380 g/mol. The third-order valence-electron chi connectivity index (χ3n) is 5.74. The number of nitrogens with zero attached hydrogens (tertiary/aromatic N) is 2. The van der Waals surface area contributed by atoms with Gasteiger partial charge in [0.05, 0.1) is 24.5 Å². The highest BCUT2D eigenvalue weighted by Crippen LogP contribution is 2.49. The van der Waals surface area contributed by atoms with Gasteiger partial charge in [0.2, 0.25) is 11.8 Å². The third-order valence-corrected chi connectivity index (χ3v) is 5.99. The lowest BCUT2D eigenvalue weighted by atomic mass is 9.94. The van der Waals surface area contributed by atoms with Gasteiger partial charge in [0.25, 0.3) is 0 Å². The fourth-order valence-corrected chi connectivity index (χ4v) is 4.01. The number of hydrogen-bond acceptors (Lipinski definition) is 4. The van der Waals surface area contributed by atoms with E-state index in [4.69, 9.17) is 16.3 Å². The van der Waals surface area contributed by atoms with Crippen molar-refractivity contribution in [3.8, 4) is 0 Å². The summed E-state index contributed by atoms with van der Waals surface area (Å²) in [6.45, 7) is 3.26. The highest BCUT2D eigenvalue weighted by atomic mass is 35.5. The number of likely N-dealkylation sites (N-methyl/N-ethyl adjacent to an activating group) is 1. The van der Waals surface area contributed by atoms with Crippen molar-refractivity contribution in [3.05, 3.63) is 34.9 Å². The molecule has 152 valence electrons. The summed E-state index contributed by atoms with van der Waals surface area (Å²) in [5.74, 6) is -0.418. The van der Waals surface area contributed by atoms with Gasteiger partial charge in [-0.15, -0.1) is 0 Å². The van der Waals surface area contributed by atoms with Crippen LogP contribution >= 0.6 is 11.6 Å². The zero-order chi connectivity index (χ0) is 20.3. The smallest absolute Gasteiger partial charge is 0.309 e. The maximum Gasteiger partial charge on any atom is 0.309 e. The van der Waals surface area contributed by atoms with Crippen LogP contribution in [0.5, 0.6) is 0 Å². The molecule has 1 aliphatic carbocycles. The van der Waals surface area contributed by atoms with Crippen molar-refractivity contribution < 1.29 is 19.1 Å². The molecule has 0 unspecified atom stereocenters. The number of esters is 1. The van der Waals surface area contributed by atoms with Crippen LogP contribution in [0.15, 0.2) is 24.3 Å². The van der Waals surface area contributed by atoms with E-state index in [1.165, 1.54) is 4.90 Å². The molecule has 0 N–H and O–H groups in total. The number of likely N-dealkylation sites (tertiary alicyclic amines) is 1. The van der Waals surface area contributed by atoms with Gasteiger partial charge < -0.3 is 14.5 Å². The number of benzene rings is 1. The van der Waals surface area contributed by atoms with E-state index in [1.807, 2.05) is 12.1 Å². The summed E-state index contributed by atoms with van der Waals surface area (Å²) in [7, 11) is 1.68. The maximum atomic E-state index is 13.0. The van der Waals surface area contributed by atoms with Gasteiger partial charge in [-0.25, -0.2) is 0 Å². The molecule has 0 spiro atoms. The molecule has 0 radical (unpaired) electrons. The molecule has 1 aromatic carbocycles.